The molecule has 0 atom stereocenters. The van der Waals surface area contributed by atoms with Crippen molar-refractivity contribution in [2.24, 2.45) is 0 Å². The predicted octanol–water partition coefficient (Wildman–Crippen LogP) is 2.10. The molecule has 0 saturated heterocycles. The molecule has 0 bridgehead atoms. The maximum atomic E-state index is 5.00. The Balaban J connectivity index is 2.39. The summed E-state index contributed by atoms with van der Waals surface area (Å²) in [7, 11) is 0. The molecule has 49 valence electrons. The number of rotatable bonds is 0. The number of ether oxygens (including phenoxy) is 1. The fourth-order valence-corrected chi connectivity index (χ4v) is 1.03. The lowest BCUT2D eigenvalue weighted by Crippen LogP contribution is -1.94. The van der Waals surface area contributed by atoms with E-state index in [1.165, 1.54) is 5.57 Å². The van der Waals surface area contributed by atoms with Gasteiger partial charge in [0.2, 0.25) is 0 Å². The van der Waals surface area contributed by atoms with Crippen molar-refractivity contribution in [1.29, 1.82) is 0 Å². The fraction of sp³-hybridized carbons (Fsp3) is 0.111. The highest BCUT2D eigenvalue weighted by Crippen LogP contribution is 2.22. The molecule has 1 heterocycles. The van der Waals surface area contributed by atoms with Gasteiger partial charge in [0.15, 0.2) is 0 Å². The van der Waals surface area contributed by atoms with Crippen LogP contribution in [0.1, 0.15) is 6.42 Å². The fourth-order valence-electron chi connectivity index (χ4n) is 1.03. The standard InChI is InChI=1S/C9H7O/c1-2-4-9-7-10-6-5-8(9)3-1/h1-2,5-7H,4H2. The van der Waals surface area contributed by atoms with E-state index in [0.717, 1.165) is 12.0 Å². The smallest absolute Gasteiger partial charge is 0.0942 e. The van der Waals surface area contributed by atoms with Crippen molar-refractivity contribution in [1.82, 2.24) is 0 Å². The summed E-state index contributed by atoms with van der Waals surface area (Å²) in [5, 5.41) is 0. The lowest BCUT2D eigenvalue weighted by Gasteiger charge is -2.11. The van der Waals surface area contributed by atoms with Crippen molar-refractivity contribution in [3.05, 3.63) is 48.0 Å². The molecule has 1 heteroatoms. The van der Waals surface area contributed by atoms with Gasteiger partial charge in [-0.1, -0.05) is 12.2 Å². The Morgan fingerprint density at radius 1 is 1.50 bits per heavy atom. The number of allylic oxidation sites excluding steroid dienone is 6. The van der Waals surface area contributed by atoms with Crippen molar-refractivity contribution in [3.8, 4) is 0 Å². The van der Waals surface area contributed by atoms with Gasteiger partial charge in [0.05, 0.1) is 12.5 Å². The molecule has 0 unspecified atom stereocenters. The molecule has 0 amide bonds. The Labute approximate surface area is 60.0 Å². The first-order valence-corrected chi connectivity index (χ1v) is 3.27. The van der Waals surface area contributed by atoms with Gasteiger partial charge in [-0.3, -0.25) is 0 Å². The lowest BCUT2D eigenvalue weighted by molar-refractivity contribution is 0.392. The summed E-state index contributed by atoms with van der Waals surface area (Å²) in [5.74, 6) is 0. The molecule has 0 saturated carbocycles. The minimum atomic E-state index is 0.965. The van der Waals surface area contributed by atoms with E-state index in [1.54, 1.807) is 12.5 Å². The second-order valence-electron chi connectivity index (χ2n) is 2.25. The molecule has 1 radical (unpaired) electrons. The van der Waals surface area contributed by atoms with Crippen LogP contribution in [-0.2, 0) is 4.74 Å². The summed E-state index contributed by atoms with van der Waals surface area (Å²) < 4.78 is 5.00. The van der Waals surface area contributed by atoms with Crippen LogP contribution in [0.5, 0.6) is 0 Å². The summed E-state index contributed by atoms with van der Waals surface area (Å²) in [4.78, 5) is 0. The zero-order valence-electron chi connectivity index (χ0n) is 5.50. The average molecular weight is 131 g/mol. The van der Waals surface area contributed by atoms with Crippen LogP contribution < -0.4 is 0 Å². The lowest BCUT2D eigenvalue weighted by atomic mass is 9.99. The third kappa shape index (κ3) is 0.798. The SMILES string of the molecule is [C]1=C2C=COC=C2CC=C1. The molecule has 1 nitrogen and oxygen atoms in total. The molecule has 1 aliphatic heterocycles. The van der Waals surface area contributed by atoms with Crippen LogP contribution in [0.15, 0.2) is 41.9 Å². The van der Waals surface area contributed by atoms with Crippen molar-refractivity contribution >= 4 is 0 Å². The van der Waals surface area contributed by atoms with Gasteiger partial charge in [0.25, 0.3) is 0 Å². The van der Waals surface area contributed by atoms with E-state index in [0.29, 0.717) is 0 Å². The Morgan fingerprint density at radius 3 is 3.40 bits per heavy atom. The Kier molecular flexibility index (Phi) is 1.21. The Morgan fingerprint density at radius 2 is 2.50 bits per heavy atom. The first-order valence-electron chi connectivity index (χ1n) is 3.27. The van der Waals surface area contributed by atoms with Crippen molar-refractivity contribution in [2.75, 3.05) is 0 Å². The summed E-state index contributed by atoms with van der Waals surface area (Å²) in [6.07, 6.45) is 13.5. The highest BCUT2D eigenvalue weighted by molar-refractivity contribution is 5.43. The third-order valence-corrected chi connectivity index (χ3v) is 1.56. The number of fused-ring (bicyclic) bond motifs is 1. The average Bonchev–Trinajstić information content (AvgIpc) is 2.05. The van der Waals surface area contributed by atoms with E-state index in [4.69, 9.17) is 4.74 Å². The Hall–Kier alpha value is -1.24. The zero-order valence-corrected chi connectivity index (χ0v) is 5.50. The van der Waals surface area contributed by atoms with Crippen molar-refractivity contribution in [2.45, 2.75) is 6.42 Å². The van der Waals surface area contributed by atoms with Crippen LogP contribution in [0.4, 0.5) is 0 Å². The van der Waals surface area contributed by atoms with Gasteiger partial charge in [0, 0.05) is 0 Å². The topological polar surface area (TPSA) is 9.23 Å². The molecule has 0 aromatic heterocycles. The maximum Gasteiger partial charge on any atom is 0.0942 e. The van der Waals surface area contributed by atoms with Crippen molar-refractivity contribution < 1.29 is 4.74 Å². The molecule has 2 rings (SSSR count). The highest BCUT2D eigenvalue weighted by atomic mass is 16.5. The van der Waals surface area contributed by atoms with Crippen molar-refractivity contribution in [3.63, 3.8) is 0 Å². The van der Waals surface area contributed by atoms with Crippen LogP contribution in [0.3, 0.4) is 0 Å². The van der Waals surface area contributed by atoms with Gasteiger partial charge in [-0.25, -0.2) is 0 Å². The maximum absolute atomic E-state index is 5.00. The van der Waals surface area contributed by atoms with Gasteiger partial charge in [-0.05, 0) is 29.7 Å². The monoisotopic (exact) mass is 131 g/mol. The molecule has 0 N–H and O–H groups in total. The van der Waals surface area contributed by atoms with E-state index in [2.05, 4.69) is 12.2 Å². The van der Waals surface area contributed by atoms with Crippen LogP contribution in [0.2, 0.25) is 0 Å². The normalized spacial score (nSPS) is 20.8. The third-order valence-electron chi connectivity index (χ3n) is 1.56. The first-order chi connectivity index (χ1) is 4.97. The van der Waals surface area contributed by atoms with Crippen LogP contribution >= 0.6 is 0 Å². The molecule has 1 aliphatic carbocycles. The zero-order chi connectivity index (χ0) is 6.81. The molecular formula is C9H7O. The van der Waals surface area contributed by atoms with E-state index in [1.807, 2.05) is 12.2 Å². The molecule has 0 spiro atoms. The first kappa shape index (κ1) is 5.54. The van der Waals surface area contributed by atoms with Crippen LogP contribution in [-0.4, -0.2) is 0 Å². The van der Waals surface area contributed by atoms with Gasteiger partial charge < -0.3 is 4.74 Å². The van der Waals surface area contributed by atoms with E-state index in [9.17, 15) is 0 Å². The minimum absolute atomic E-state index is 0.965. The number of hydrogen-bond acceptors (Lipinski definition) is 1. The molecule has 0 fully saturated rings. The largest absolute Gasteiger partial charge is 0.472 e. The van der Waals surface area contributed by atoms with E-state index >= 15 is 0 Å². The molecule has 0 aromatic carbocycles. The second-order valence-corrected chi connectivity index (χ2v) is 2.25. The summed E-state index contributed by atoms with van der Waals surface area (Å²) >= 11 is 0. The van der Waals surface area contributed by atoms with Gasteiger partial charge in [-0.2, -0.15) is 0 Å². The van der Waals surface area contributed by atoms with Gasteiger partial charge in [0.1, 0.15) is 0 Å². The highest BCUT2D eigenvalue weighted by Gasteiger charge is 2.06. The van der Waals surface area contributed by atoms with Gasteiger partial charge >= 0.3 is 0 Å². The minimum Gasteiger partial charge on any atom is -0.472 e. The summed E-state index contributed by atoms with van der Waals surface area (Å²) in [5.41, 5.74) is 2.36. The van der Waals surface area contributed by atoms with E-state index < -0.39 is 0 Å². The van der Waals surface area contributed by atoms with Crippen LogP contribution in [0.25, 0.3) is 0 Å². The molecule has 0 aromatic rings. The summed E-state index contributed by atoms with van der Waals surface area (Å²) in [6, 6.07) is 0. The molecule has 10 heavy (non-hydrogen) atoms. The quantitative estimate of drug-likeness (QED) is 0.489. The van der Waals surface area contributed by atoms with E-state index in [-0.39, 0.29) is 0 Å². The predicted molar refractivity (Wildman–Crippen MR) is 38.8 cm³/mol. The summed E-state index contributed by atoms with van der Waals surface area (Å²) in [6.45, 7) is 0. The van der Waals surface area contributed by atoms with Gasteiger partial charge in [-0.15, -0.1) is 0 Å². The molecular weight excluding hydrogens is 124 g/mol. The molecule has 2 aliphatic rings. The second kappa shape index (κ2) is 2.18. The Bertz CT molecular complexity index is 254. The van der Waals surface area contributed by atoms with Crippen LogP contribution in [0, 0.1) is 6.08 Å². The number of hydrogen-bond donors (Lipinski definition) is 0.